The van der Waals surface area contributed by atoms with E-state index >= 15 is 0 Å². The topological polar surface area (TPSA) is 43.1 Å². The van der Waals surface area contributed by atoms with Gasteiger partial charge in [-0.2, -0.15) is 0 Å². The lowest BCUT2D eigenvalue weighted by Gasteiger charge is -2.05. The summed E-state index contributed by atoms with van der Waals surface area (Å²) in [6.07, 6.45) is 4.57. The molecule has 4 nitrogen and oxygen atoms in total. The van der Waals surface area contributed by atoms with E-state index in [4.69, 9.17) is 4.98 Å². The maximum Gasteiger partial charge on any atom is 0.160 e. The van der Waals surface area contributed by atoms with Crippen molar-refractivity contribution in [1.29, 1.82) is 0 Å². The number of nitrogens with zero attached hydrogens (tertiary/aromatic N) is 4. The molecule has 0 bridgehead atoms. The van der Waals surface area contributed by atoms with Gasteiger partial charge < -0.3 is 0 Å². The lowest BCUT2D eigenvalue weighted by atomic mass is 10.1. The van der Waals surface area contributed by atoms with Crippen LogP contribution in [0.3, 0.4) is 0 Å². The summed E-state index contributed by atoms with van der Waals surface area (Å²) in [4.78, 5) is 4.76. The molecule has 0 saturated carbocycles. The molecule has 0 aliphatic rings. The summed E-state index contributed by atoms with van der Waals surface area (Å²) in [7, 11) is 0. The number of aromatic nitrogens is 4. The molecule has 0 fully saturated rings. The van der Waals surface area contributed by atoms with Gasteiger partial charge in [-0.15, -0.1) is 10.2 Å². The van der Waals surface area contributed by atoms with Gasteiger partial charge in [0.2, 0.25) is 0 Å². The Balaban J connectivity index is 1.72. The van der Waals surface area contributed by atoms with Crippen LogP contribution in [0, 0.1) is 6.92 Å². The van der Waals surface area contributed by atoms with Crippen LogP contribution >= 0.6 is 0 Å². The van der Waals surface area contributed by atoms with E-state index in [1.165, 1.54) is 16.5 Å². The number of aryl methyl sites for hydroxylation is 1. The minimum Gasteiger partial charge on any atom is -0.289 e. The van der Waals surface area contributed by atoms with Crippen molar-refractivity contribution >= 4 is 16.6 Å². The zero-order chi connectivity index (χ0) is 14.2. The second-order valence-electron chi connectivity index (χ2n) is 5.31. The zero-order valence-electron chi connectivity index (χ0n) is 11.7. The van der Waals surface area contributed by atoms with Crippen LogP contribution in [-0.4, -0.2) is 19.6 Å². The normalized spacial score (nSPS) is 11.3. The largest absolute Gasteiger partial charge is 0.289 e. The van der Waals surface area contributed by atoms with E-state index < -0.39 is 0 Å². The van der Waals surface area contributed by atoms with E-state index in [2.05, 4.69) is 59.7 Å². The quantitative estimate of drug-likeness (QED) is 0.564. The van der Waals surface area contributed by atoms with Crippen molar-refractivity contribution < 1.29 is 0 Å². The average Bonchev–Trinajstić information content (AvgIpc) is 2.94. The van der Waals surface area contributed by atoms with Gasteiger partial charge in [0, 0.05) is 23.7 Å². The van der Waals surface area contributed by atoms with Gasteiger partial charge in [0.25, 0.3) is 0 Å². The van der Waals surface area contributed by atoms with Crippen molar-refractivity contribution in [3.8, 4) is 0 Å². The molecular formula is C17H14N4. The fourth-order valence-corrected chi connectivity index (χ4v) is 2.56. The van der Waals surface area contributed by atoms with Gasteiger partial charge in [0.1, 0.15) is 6.33 Å². The highest BCUT2D eigenvalue weighted by Gasteiger charge is 2.03. The molecule has 0 atom stereocenters. The monoisotopic (exact) mass is 274 g/mol. The third-order valence-electron chi connectivity index (χ3n) is 3.64. The predicted molar refractivity (Wildman–Crippen MR) is 82.3 cm³/mol. The van der Waals surface area contributed by atoms with E-state index in [1.807, 2.05) is 10.5 Å². The molecule has 3 heterocycles. The molecule has 4 heteroatoms. The van der Waals surface area contributed by atoms with Crippen molar-refractivity contribution in [2.75, 3.05) is 0 Å². The minimum atomic E-state index is 0.804. The fraction of sp³-hybridized carbons (Fsp3) is 0.118. The summed E-state index contributed by atoms with van der Waals surface area (Å²) in [5.74, 6) is 0. The highest BCUT2D eigenvalue weighted by Crippen LogP contribution is 2.16. The van der Waals surface area contributed by atoms with Crippen LogP contribution in [-0.2, 0) is 6.42 Å². The molecule has 4 rings (SSSR count). The first kappa shape index (κ1) is 12.0. The van der Waals surface area contributed by atoms with Crippen molar-refractivity contribution in [2.45, 2.75) is 13.3 Å². The summed E-state index contributed by atoms with van der Waals surface area (Å²) in [6.45, 7) is 2.09. The maximum absolute atomic E-state index is 4.76. The molecule has 4 aromatic rings. The van der Waals surface area contributed by atoms with E-state index in [0.717, 1.165) is 23.3 Å². The molecule has 0 aliphatic heterocycles. The fourth-order valence-electron chi connectivity index (χ4n) is 2.56. The van der Waals surface area contributed by atoms with Crippen LogP contribution < -0.4 is 0 Å². The number of rotatable bonds is 2. The number of benzene rings is 1. The Morgan fingerprint density at radius 2 is 1.95 bits per heavy atom. The number of fused-ring (bicyclic) bond motifs is 2. The van der Waals surface area contributed by atoms with Crippen LogP contribution in [0.5, 0.6) is 0 Å². The van der Waals surface area contributed by atoms with Gasteiger partial charge >= 0.3 is 0 Å². The second kappa shape index (κ2) is 4.66. The second-order valence-corrected chi connectivity index (χ2v) is 5.31. The first-order valence-electron chi connectivity index (χ1n) is 6.92. The number of pyridine rings is 2. The van der Waals surface area contributed by atoms with Gasteiger partial charge in [0.05, 0.1) is 5.52 Å². The predicted octanol–water partition coefficient (Wildman–Crippen LogP) is 3.18. The smallest absolute Gasteiger partial charge is 0.160 e. The Labute approximate surface area is 122 Å². The first-order valence-corrected chi connectivity index (χ1v) is 6.92. The minimum absolute atomic E-state index is 0.804. The molecule has 0 saturated heterocycles. The maximum atomic E-state index is 4.76. The lowest BCUT2D eigenvalue weighted by molar-refractivity contribution is 1.05. The van der Waals surface area contributed by atoms with E-state index in [0.29, 0.717) is 0 Å². The third-order valence-corrected chi connectivity index (χ3v) is 3.64. The van der Waals surface area contributed by atoms with Crippen LogP contribution in [0.25, 0.3) is 16.6 Å². The molecule has 0 N–H and O–H groups in total. The van der Waals surface area contributed by atoms with E-state index in [1.54, 1.807) is 6.33 Å². The van der Waals surface area contributed by atoms with Gasteiger partial charge in [-0.25, -0.2) is 0 Å². The van der Waals surface area contributed by atoms with Crippen LogP contribution in [0.15, 0.2) is 55.0 Å². The molecular weight excluding hydrogens is 260 g/mol. The van der Waals surface area contributed by atoms with Crippen LogP contribution in [0.4, 0.5) is 0 Å². The summed E-state index contributed by atoms with van der Waals surface area (Å²) in [5.41, 5.74) is 5.42. The van der Waals surface area contributed by atoms with Crippen molar-refractivity contribution in [1.82, 2.24) is 19.6 Å². The molecule has 0 radical (unpaired) electrons. The average molecular weight is 274 g/mol. The summed E-state index contributed by atoms with van der Waals surface area (Å²) >= 11 is 0. The SMILES string of the molecule is Cc1ccc2ccc(Cc3ccc4nncn4c3)nc2c1. The Hall–Kier alpha value is -2.75. The molecule has 1 aromatic carbocycles. The van der Waals surface area contributed by atoms with Crippen molar-refractivity contribution in [3.05, 3.63) is 71.8 Å². The number of hydrogen-bond acceptors (Lipinski definition) is 3. The van der Waals surface area contributed by atoms with Gasteiger partial charge in [-0.1, -0.05) is 24.3 Å². The zero-order valence-corrected chi connectivity index (χ0v) is 11.7. The van der Waals surface area contributed by atoms with Crippen molar-refractivity contribution in [2.24, 2.45) is 0 Å². The Kier molecular flexibility index (Phi) is 2.67. The molecule has 0 amide bonds. The lowest BCUT2D eigenvalue weighted by Crippen LogP contribution is -1.95. The number of hydrogen-bond donors (Lipinski definition) is 0. The Morgan fingerprint density at radius 1 is 1.05 bits per heavy atom. The highest BCUT2D eigenvalue weighted by atomic mass is 15.2. The summed E-state index contributed by atoms with van der Waals surface area (Å²) < 4.78 is 1.93. The summed E-state index contributed by atoms with van der Waals surface area (Å²) in [5, 5.41) is 9.09. The third kappa shape index (κ3) is 2.25. The first-order chi connectivity index (χ1) is 10.3. The molecule has 0 aliphatic carbocycles. The molecule has 21 heavy (non-hydrogen) atoms. The standard InChI is InChI=1S/C17H14N4/c1-12-2-4-14-5-6-15(19-16(14)8-12)9-13-3-7-17-20-18-11-21(17)10-13/h2-8,10-11H,9H2,1H3. The Morgan fingerprint density at radius 3 is 2.90 bits per heavy atom. The Bertz CT molecular complexity index is 940. The molecule has 102 valence electrons. The van der Waals surface area contributed by atoms with E-state index in [-0.39, 0.29) is 0 Å². The highest BCUT2D eigenvalue weighted by molar-refractivity contribution is 5.79. The van der Waals surface area contributed by atoms with Gasteiger partial charge in [-0.05, 0) is 36.2 Å². The van der Waals surface area contributed by atoms with Gasteiger partial charge in [-0.3, -0.25) is 9.38 Å². The van der Waals surface area contributed by atoms with Crippen LogP contribution in [0.1, 0.15) is 16.8 Å². The summed E-state index contributed by atoms with van der Waals surface area (Å²) in [6, 6.07) is 14.6. The van der Waals surface area contributed by atoms with Gasteiger partial charge in [0.15, 0.2) is 5.65 Å². The molecule has 0 spiro atoms. The molecule has 0 unspecified atom stereocenters. The molecule has 3 aromatic heterocycles. The van der Waals surface area contributed by atoms with Crippen molar-refractivity contribution in [3.63, 3.8) is 0 Å². The van der Waals surface area contributed by atoms with Crippen LogP contribution in [0.2, 0.25) is 0 Å². The van der Waals surface area contributed by atoms with E-state index in [9.17, 15) is 0 Å².